The lowest BCUT2D eigenvalue weighted by atomic mass is 9.59. The van der Waals surface area contributed by atoms with E-state index < -0.39 is 0 Å². The van der Waals surface area contributed by atoms with E-state index in [1.54, 1.807) is 12.1 Å². The van der Waals surface area contributed by atoms with Gasteiger partial charge in [0.05, 0.1) is 19.3 Å². The summed E-state index contributed by atoms with van der Waals surface area (Å²) in [5, 5.41) is 3.12. The zero-order chi connectivity index (χ0) is 27.0. The summed E-state index contributed by atoms with van der Waals surface area (Å²) >= 11 is 0. The maximum atomic E-state index is 13.7. The van der Waals surface area contributed by atoms with Gasteiger partial charge in [0.15, 0.2) is 0 Å². The highest BCUT2D eigenvalue weighted by Gasteiger charge is 2.49. The highest BCUT2D eigenvalue weighted by molar-refractivity contribution is 5.94. The molecule has 1 aliphatic carbocycles. The third-order valence-electron chi connectivity index (χ3n) is 8.21. The number of allylic oxidation sites excluding steroid dienone is 1. The van der Waals surface area contributed by atoms with Gasteiger partial charge in [-0.05, 0) is 79.4 Å². The molecule has 39 heavy (non-hydrogen) atoms. The van der Waals surface area contributed by atoms with Crippen LogP contribution in [0.2, 0.25) is 0 Å². The van der Waals surface area contributed by atoms with Gasteiger partial charge in [-0.1, -0.05) is 48.0 Å². The predicted molar refractivity (Wildman–Crippen MR) is 150 cm³/mol. The summed E-state index contributed by atoms with van der Waals surface area (Å²) < 4.78 is 25.0. The molecule has 0 radical (unpaired) electrons. The molecular formula is C33H35FN2O3. The molecule has 5 nitrogen and oxygen atoms in total. The first-order chi connectivity index (χ1) is 18.9. The Balaban J connectivity index is 1.16. The van der Waals surface area contributed by atoms with E-state index in [-0.39, 0.29) is 23.9 Å². The van der Waals surface area contributed by atoms with Crippen LogP contribution in [0.5, 0.6) is 5.75 Å². The maximum absolute atomic E-state index is 13.7. The van der Waals surface area contributed by atoms with Crippen LogP contribution in [0.1, 0.15) is 59.3 Å². The fourth-order valence-corrected chi connectivity index (χ4v) is 6.35. The summed E-state index contributed by atoms with van der Waals surface area (Å²) in [6.07, 6.45) is 3.08. The monoisotopic (exact) mass is 526 g/mol. The molecule has 202 valence electrons. The SMILES string of the molecule is C[C@@H](NC(=O)c1cccc(O[C@@H]2CCOC2)c1)c1ccc(C(=C2CC3(C2)CN(C)C3)c2ccc(F)cc2)cc1. The van der Waals surface area contributed by atoms with Crippen LogP contribution >= 0.6 is 0 Å². The number of halogens is 1. The van der Waals surface area contributed by atoms with Crippen molar-refractivity contribution in [3.8, 4) is 5.75 Å². The topological polar surface area (TPSA) is 50.8 Å². The minimum absolute atomic E-state index is 0.0380. The zero-order valence-corrected chi connectivity index (χ0v) is 22.6. The van der Waals surface area contributed by atoms with E-state index >= 15 is 0 Å². The van der Waals surface area contributed by atoms with Gasteiger partial charge in [0.1, 0.15) is 17.7 Å². The molecule has 2 atom stereocenters. The summed E-state index contributed by atoms with van der Waals surface area (Å²) in [5.74, 6) is 0.320. The number of rotatable bonds is 7. The third kappa shape index (κ3) is 5.49. The molecule has 3 aliphatic rings. The second-order valence-corrected chi connectivity index (χ2v) is 11.5. The van der Waals surface area contributed by atoms with Crippen molar-refractivity contribution in [1.82, 2.24) is 10.2 Å². The molecule has 1 spiro atoms. The van der Waals surface area contributed by atoms with Gasteiger partial charge in [0.25, 0.3) is 5.91 Å². The third-order valence-corrected chi connectivity index (χ3v) is 8.21. The molecule has 2 heterocycles. The molecule has 0 bridgehead atoms. The number of hydrogen-bond acceptors (Lipinski definition) is 4. The molecule has 2 aliphatic heterocycles. The summed E-state index contributed by atoms with van der Waals surface area (Å²) in [4.78, 5) is 15.4. The molecule has 6 rings (SSSR count). The van der Waals surface area contributed by atoms with Crippen LogP contribution in [0.15, 0.2) is 78.4 Å². The minimum atomic E-state index is -0.224. The van der Waals surface area contributed by atoms with Crippen molar-refractivity contribution in [2.24, 2.45) is 5.41 Å². The average molecular weight is 527 g/mol. The Hall–Kier alpha value is -3.48. The van der Waals surface area contributed by atoms with Gasteiger partial charge in [-0.2, -0.15) is 0 Å². The first kappa shape index (κ1) is 25.8. The highest BCUT2D eigenvalue weighted by Crippen LogP contribution is 2.54. The quantitative estimate of drug-likeness (QED) is 0.410. The highest BCUT2D eigenvalue weighted by atomic mass is 19.1. The predicted octanol–water partition coefficient (Wildman–Crippen LogP) is 6.01. The standard InChI is InChI=1S/C33H35FN2O3/c1-22(35-32(37)26-4-3-5-29(16-26)39-30-14-15-38-19-30)23-6-8-24(9-7-23)31(25-10-12-28(34)13-11-25)27-17-33(18-27)20-36(2)21-33/h3-13,16,22,30H,14-15,17-21H2,1-2H3,(H,35,37)/t22-,30-/m1/s1. The smallest absolute Gasteiger partial charge is 0.251 e. The van der Waals surface area contributed by atoms with Gasteiger partial charge >= 0.3 is 0 Å². The van der Waals surface area contributed by atoms with Crippen LogP contribution in [-0.4, -0.2) is 50.3 Å². The van der Waals surface area contributed by atoms with Gasteiger partial charge in [-0.15, -0.1) is 0 Å². The van der Waals surface area contributed by atoms with E-state index in [1.165, 1.54) is 23.3 Å². The number of carbonyl (C=O) groups excluding carboxylic acids is 1. The Labute approximate surface area is 229 Å². The fourth-order valence-electron chi connectivity index (χ4n) is 6.35. The minimum Gasteiger partial charge on any atom is -0.488 e. The van der Waals surface area contributed by atoms with Crippen LogP contribution in [0.3, 0.4) is 0 Å². The lowest BCUT2D eigenvalue weighted by molar-refractivity contribution is -0.0106. The van der Waals surface area contributed by atoms with E-state index in [4.69, 9.17) is 9.47 Å². The molecule has 6 heteroatoms. The number of nitrogens with zero attached hydrogens (tertiary/aromatic N) is 1. The van der Waals surface area contributed by atoms with Crippen LogP contribution in [-0.2, 0) is 4.74 Å². The normalized spacial score (nSPS) is 20.7. The Kier molecular flexibility index (Phi) is 7.00. The molecule has 0 aromatic heterocycles. The van der Waals surface area contributed by atoms with E-state index in [9.17, 15) is 9.18 Å². The van der Waals surface area contributed by atoms with Gasteiger partial charge in [-0.3, -0.25) is 4.79 Å². The van der Waals surface area contributed by atoms with E-state index in [1.807, 2.05) is 31.2 Å². The summed E-state index contributed by atoms with van der Waals surface area (Å²) in [6, 6.07) is 22.4. The lowest BCUT2D eigenvalue weighted by Gasteiger charge is -2.56. The van der Waals surface area contributed by atoms with E-state index in [2.05, 4.69) is 41.5 Å². The maximum Gasteiger partial charge on any atom is 0.251 e. The Morgan fingerprint density at radius 1 is 1.03 bits per heavy atom. The number of amides is 1. The summed E-state index contributed by atoms with van der Waals surface area (Å²) in [6.45, 7) is 5.58. The van der Waals surface area contributed by atoms with Crippen molar-refractivity contribution >= 4 is 11.5 Å². The molecule has 1 amide bonds. The number of hydrogen-bond donors (Lipinski definition) is 1. The van der Waals surface area contributed by atoms with Crippen molar-refractivity contribution in [1.29, 1.82) is 0 Å². The van der Waals surface area contributed by atoms with Gasteiger partial charge in [-0.25, -0.2) is 4.39 Å². The molecule has 1 N–H and O–H groups in total. The molecule has 0 unspecified atom stereocenters. The van der Waals surface area contributed by atoms with Gasteiger partial charge in [0.2, 0.25) is 0 Å². The van der Waals surface area contributed by atoms with Crippen molar-refractivity contribution in [3.05, 3.63) is 106 Å². The van der Waals surface area contributed by atoms with Crippen molar-refractivity contribution in [2.45, 2.75) is 38.3 Å². The van der Waals surface area contributed by atoms with Gasteiger partial charge < -0.3 is 19.7 Å². The van der Waals surface area contributed by atoms with Crippen molar-refractivity contribution in [3.63, 3.8) is 0 Å². The van der Waals surface area contributed by atoms with Gasteiger partial charge in [0, 0.05) is 30.5 Å². The molecule has 3 aromatic rings. The summed E-state index contributed by atoms with van der Waals surface area (Å²) in [7, 11) is 2.17. The van der Waals surface area contributed by atoms with Crippen molar-refractivity contribution < 1.29 is 18.7 Å². The average Bonchev–Trinajstić information content (AvgIpc) is 3.41. The Bertz CT molecular complexity index is 1360. The number of ether oxygens (including phenoxy) is 2. The fraction of sp³-hybridized carbons (Fsp3) is 0.364. The van der Waals surface area contributed by atoms with E-state index in [0.717, 1.165) is 49.0 Å². The molecule has 3 fully saturated rings. The lowest BCUT2D eigenvalue weighted by Crippen LogP contribution is -2.58. The first-order valence-corrected chi connectivity index (χ1v) is 13.8. The zero-order valence-electron chi connectivity index (χ0n) is 22.6. The molecule has 2 saturated heterocycles. The number of likely N-dealkylation sites (tertiary alicyclic amines) is 1. The largest absolute Gasteiger partial charge is 0.488 e. The number of benzene rings is 3. The van der Waals surface area contributed by atoms with Crippen LogP contribution in [0.25, 0.3) is 5.57 Å². The number of carbonyl (C=O) groups is 1. The Morgan fingerprint density at radius 3 is 2.36 bits per heavy atom. The molecule has 3 aromatic carbocycles. The van der Waals surface area contributed by atoms with E-state index in [0.29, 0.717) is 29.9 Å². The second-order valence-electron chi connectivity index (χ2n) is 11.5. The molecule has 1 saturated carbocycles. The molecular weight excluding hydrogens is 491 g/mol. The second kappa shape index (κ2) is 10.6. The van der Waals surface area contributed by atoms with Crippen LogP contribution < -0.4 is 10.1 Å². The van der Waals surface area contributed by atoms with Crippen molar-refractivity contribution in [2.75, 3.05) is 33.4 Å². The number of nitrogens with one attached hydrogen (secondary N) is 1. The summed E-state index contributed by atoms with van der Waals surface area (Å²) in [5.41, 5.74) is 6.84. The Morgan fingerprint density at radius 2 is 1.72 bits per heavy atom. The van der Waals surface area contributed by atoms with Crippen LogP contribution in [0.4, 0.5) is 4.39 Å². The van der Waals surface area contributed by atoms with Crippen LogP contribution in [0, 0.1) is 11.2 Å². The first-order valence-electron chi connectivity index (χ1n) is 13.8.